The highest BCUT2D eigenvalue weighted by atomic mass is 16.5. The quantitative estimate of drug-likeness (QED) is 0.691. The van der Waals surface area contributed by atoms with Gasteiger partial charge in [0.25, 0.3) is 0 Å². The second kappa shape index (κ2) is 8.45. The molecule has 156 valence electrons. The summed E-state index contributed by atoms with van der Waals surface area (Å²) < 4.78 is 5.45. The summed E-state index contributed by atoms with van der Waals surface area (Å²) in [7, 11) is 0. The van der Waals surface area contributed by atoms with Crippen LogP contribution in [0.1, 0.15) is 24.8 Å². The molecule has 0 radical (unpaired) electrons. The third-order valence-electron chi connectivity index (χ3n) is 5.94. The Bertz CT molecular complexity index is 997. The number of aliphatic hydroxyl groups is 1. The molecule has 5 rings (SSSR count). The first-order chi connectivity index (χ1) is 14.8. The Hall–Kier alpha value is -2.91. The fourth-order valence-corrected chi connectivity index (χ4v) is 4.34. The molecule has 0 amide bonds. The monoisotopic (exact) mass is 407 g/mol. The maximum absolute atomic E-state index is 10.8. The molecule has 2 saturated heterocycles. The minimum absolute atomic E-state index is 0.0405. The Morgan fingerprint density at radius 3 is 2.70 bits per heavy atom. The topological polar surface area (TPSA) is 100 Å². The van der Waals surface area contributed by atoms with Crippen LogP contribution < -0.4 is 9.80 Å². The van der Waals surface area contributed by atoms with Crippen LogP contribution in [0.3, 0.4) is 0 Å². The first-order valence-electron chi connectivity index (χ1n) is 10.5. The number of piperidine rings is 1. The van der Waals surface area contributed by atoms with Gasteiger partial charge < -0.3 is 19.6 Å². The van der Waals surface area contributed by atoms with Crippen LogP contribution in [0.2, 0.25) is 0 Å². The molecule has 3 aromatic rings. The van der Waals surface area contributed by atoms with Crippen LogP contribution in [0, 0.1) is 5.92 Å². The molecular weight excluding hydrogens is 382 g/mol. The number of benzene rings is 1. The van der Waals surface area contributed by atoms with E-state index >= 15 is 0 Å². The van der Waals surface area contributed by atoms with Crippen molar-refractivity contribution < 1.29 is 9.84 Å². The van der Waals surface area contributed by atoms with Gasteiger partial charge >= 0.3 is 0 Å². The Morgan fingerprint density at radius 1 is 1.03 bits per heavy atom. The van der Waals surface area contributed by atoms with Gasteiger partial charge in [-0.1, -0.05) is 0 Å². The van der Waals surface area contributed by atoms with E-state index in [0.29, 0.717) is 12.4 Å². The predicted octanol–water partition coefficient (Wildman–Crippen LogP) is 1.60. The zero-order valence-corrected chi connectivity index (χ0v) is 16.8. The van der Waals surface area contributed by atoms with Crippen LogP contribution in [0.5, 0.6) is 0 Å². The van der Waals surface area contributed by atoms with E-state index < -0.39 is 6.10 Å². The average Bonchev–Trinajstić information content (AvgIpc) is 2.84. The number of hydrogen-bond acceptors (Lipinski definition) is 9. The van der Waals surface area contributed by atoms with Crippen LogP contribution in [0.15, 0.2) is 36.7 Å². The Labute approximate surface area is 174 Å². The van der Waals surface area contributed by atoms with Crippen molar-refractivity contribution in [3.63, 3.8) is 0 Å². The summed E-state index contributed by atoms with van der Waals surface area (Å²) >= 11 is 0. The number of aliphatic hydroxyl groups excluding tert-OH is 1. The predicted molar refractivity (Wildman–Crippen MR) is 112 cm³/mol. The van der Waals surface area contributed by atoms with Gasteiger partial charge in [-0.05, 0) is 42.3 Å². The van der Waals surface area contributed by atoms with Crippen molar-refractivity contribution >= 4 is 22.4 Å². The van der Waals surface area contributed by atoms with Gasteiger partial charge in [-0.25, -0.2) is 9.97 Å². The van der Waals surface area contributed by atoms with E-state index in [9.17, 15) is 5.11 Å². The fourth-order valence-electron chi connectivity index (χ4n) is 4.34. The summed E-state index contributed by atoms with van der Waals surface area (Å²) in [6.45, 7) is 4.80. The summed E-state index contributed by atoms with van der Waals surface area (Å²) in [5.41, 5.74) is 1.96. The molecular formula is C21H25N7O2. The molecule has 2 atom stereocenters. The van der Waals surface area contributed by atoms with Crippen molar-refractivity contribution in [3.05, 3.63) is 42.5 Å². The SMILES string of the molecule is O[C@@H](c1ncccn1)[C@H]1CCCN(c2nnnc3cc(N4CCOCC4)ccc23)C1. The van der Waals surface area contributed by atoms with Gasteiger partial charge in [0.05, 0.1) is 13.2 Å². The van der Waals surface area contributed by atoms with Crippen LogP contribution in [0.25, 0.3) is 10.9 Å². The highest BCUT2D eigenvalue weighted by Gasteiger charge is 2.30. The molecule has 0 aliphatic carbocycles. The highest BCUT2D eigenvalue weighted by molar-refractivity contribution is 5.91. The second-order valence-electron chi connectivity index (χ2n) is 7.81. The van der Waals surface area contributed by atoms with Gasteiger partial charge in [-0.2, -0.15) is 0 Å². The van der Waals surface area contributed by atoms with Crippen LogP contribution >= 0.6 is 0 Å². The molecule has 2 aliphatic rings. The van der Waals surface area contributed by atoms with Gasteiger partial charge in [0.15, 0.2) is 11.6 Å². The molecule has 0 bridgehead atoms. The van der Waals surface area contributed by atoms with Gasteiger partial charge in [0.1, 0.15) is 11.6 Å². The van der Waals surface area contributed by atoms with Crippen molar-refractivity contribution in [1.29, 1.82) is 0 Å². The van der Waals surface area contributed by atoms with E-state index in [1.807, 2.05) is 0 Å². The number of morpholine rings is 1. The molecule has 1 N–H and O–H groups in total. The van der Waals surface area contributed by atoms with E-state index in [4.69, 9.17) is 4.74 Å². The lowest BCUT2D eigenvalue weighted by molar-refractivity contribution is 0.0898. The van der Waals surface area contributed by atoms with E-state index in [1.165, 1.54) is 0 Å². The summed E-state index contributed by atoms with van der Waals surface area (Å²) in [4.78, 5) is 13.0. The third-order valence-corrected chi connectivity index (χ3v) is 5.94. The summed E-state index contributed by atoms with van der Waals surface area (Å²) in [5.74, 6) is 1.34. The second-order valence-corrected chi connectivity index (χ2v) is 7.81. The van der Waals surface area contributed by atoms with Crippen LogP contribution in [-0.4, -0.2) is 69.9 Å². The zero-order valence-electron chi connectivity index (χ0n) is 16.8. The number of fused-ring (bicyclic) bond motifs is 1. The van der Waals surface area contributed by atoms with Crippen molar-refractivity contribution in [2.45, 2.75) is 18.9 Å². The van der Waals surface area contributed by atoms with E-state index in [1.54, 1.807) is 18.5 Å². The van der Waals surface area contributed by atoms with Crippen molar-refractivity contribution in [3.8, 4) is 0 Å². The molecule has 2 aliphatic heterocycles. The fraction of sp³-hybridized carbons (Fsp3) is 0.476. The summed E-state index contributed by atoms with van der Waals surface area (Å²) in [5, 5.41) is 24.4. The normalized spacial score (nSPS) is 21.0. The van der Waals surface area contributed by atoms with E-state index in [0.717, 1.165) is 68.1 Å². The first-order valence-corrected chi connectivity index (χ1v) is 10.5. The maximum atomic E-state index is 10.8. The van der Waals surface area contributed by atoms with Gasteiger partial charge in [-0.3, -0.25) is 0 Å². The number of rotatable bonds is 4. The lowest BCUT2D eigenvalue weighted by atomic mass is 9.92. The maximum Gasteiger partial charge on any atom is 0.162 e. The number of anilines is 2. The van der Waals surface area contributed by atoms with Gasteiger partial charge in [0.2, 0.25) is 0 Å². The molecule has 9 heteroatoms. The Kier molecular flexibility index (Phi) is 5.37. The van der Waals surface area contributed by atoms with Gasteiger partial charge in [0, 0.05) is 55.6 Å². The Morgan fingerprint density at radius 2 is 1.87 bits per heavy atom. The van der Waals surface area contributed by atoms with E-state index in [-0.39, 0.29) is 5.92 Å². The van der Waals surface area contributed by atoms with Gasteiger partial charge in [-0.15, -0.1) is 10.2 Å². The zero-order chi connectivity index (χ0) is 20.3. The minimum Gasteiger partial charge on any atom is -0.385 e. The largest absolute Gasteiger partial charge is 0.385 e. The van der Waals surface area contributed by atoms with Crippen LogP contribution in [-0.2, 0) is 4.74 Å². The summed E-state index contributed by atoms with van der Waals surface area (Å²) in [6, 6.07) is 8.03. The number of ether oxygens (including phenoxy) is 1. The molecule has 4 heterocycles. The highest BCUT2D eigenvalue weighted by Crippen LogP contribution is 2.33. The average molecular weight is 407 g/mol. The van der Waals surface area contributed by atoms with E-state index in [2.05, 4.69) is 53.4 Å². The van der Waals surface area contributed by atoms with Crippen molar-refractivity contribution in [2.24, 2.45) is 5.92 Å². The van der Waals surface area contributed by atoms with Crippen molar-refractivity contribution in [1.82, 2.24) is 25.4 Å². The molecule has 0 unspecified atom stereocenters. The molecule has 1 aromatic carbocycles. The molecule has 2 aromatic heterocycles. The number of nitrogens with zero attached hydrogens (tertiary/aromatic N) is 7. The molecule has 0 spiro atoms. The first kappa shape index (κ1) is 19.1. The third kappa shape index (κ3) is 3.78. The standard InChI is InChI=1S/C21H25N7O2/c29-19(20-22-6-2-7-23-20)15-3-1-8-28(14-15)21-17-5-4-16(13-18(17)24-26-25-21)27-9-11-30-12-10-27/h2,4-7,13,15,19,29H,1,3,8-12,14H2/t15-,19+/m0/s1. The molecule has 0 saturated carbocycles. The Balaban J connectivity index is 1.39. The lowest BCUT2D eigenvalue weighted by Gasteiger charge is -2.35. The number of aromatic nitrogens is 5. The number of hydrogen-bond donors (Lipinski definition) is 1. The smallest absolute Gasteiger partial charge is 0.162 e. The van der Waals surface area contributed by atoms with Crippen LogP contribution in [0.4, 0.5) is 11.5 Å². The summed E-state index contributed by atoms with van der Waals surface area (Å²) in [6.07, 6.45) is 4.53. The molecule has 9 nitrogen and oxygen atoms in total. The lowest BCUT2D eigenvalue weighted by Crippen LogP contribution is -2.39. The van der Waals surface area contributed by atoms with Crippen molar-refractivity contribution in [2.75, 3.05) is 49.2 Å². The molecule has 2 fully saturated rings. The minimum atomic E-state index is -0.692. The molecule has 30 heavy (non-hydrogen) atoms.